The van der Waals surface area contributed by atoms with Gasteiger partial charge in [-0.25, -0.2) is 8.78 Å². The Labute approximate surface area is 102 Å². The first-order valence-electron chi connectivity index (χ1n) is 5.22. The Kier molecular flexibility index (Phi) is 3.32. The van der Waals surface area contributed by atoms with Gasteiger partial charge in [0.25, 0.3) is 0 Å². The number of rotatable bonds is 3. The monoisotopic (exact) mass is 248 g/mol. The summed E-state index contributed by atoms with van der Waals surface area (Å²) < 4.78 is 27.6. The summed E-state index contributed by atoms with van der Waals surface area (Å²) in [6, 6.07) is 2.86. The van der Waals surface area contributed by atoms with E-state index in [0.717, 1.165) is 17.7 Å². The third kappa shape index (κ3) is 2.68. The Morgan fingerprint density at radius 2 is 2.17 bits per heavy atom. The molecule has 5 heteroatoms. The predicted molar refractivity (Wildman–Crippen MR) is 62.9 cm³/mol. The minimum atomic E-state index is -0.865. The number of carbonyl (C=O) groups excluding carboxylic acids is 1. The maximum Gasteiger partial charge on any atom is 0.188 e. The van der Waals surface area contributed by atoms with E-state index in [0.29, 0.717) is 6.07 Å². The third-order valence-corrected chi connectivity index (χ3v) is 2.35. The molecular weight excluding hydrogens is 238 g/mol. The first-order chi connectivity index (χ1) is 8.56. The lowest BCUT2D eigenvalue weighted by atomic mass is 10.1. The molecule has 18 heavy (non-hydrogen) atoms. The Morgan fingerprint density at radius 3 is 2.78 bits per heavy atom. The van der Waals surface area contributed by atoms with Crippen molar-refractivity contribution in [2.24, 2.45) is 7.05 Å². The molecule has 0 atom stereocenters. The molecule has 1 heterocycles. The summed E-state index contributed by atoms with van der Waals surface area (Å²) in [5.41, 5.74) is 0.574. The van der Waals surface area contributed by atoms with Gasteiger partial charge in [0.05, 0.1) is 11.8 Å². The fourth-order valence-corrected chi connectivity index (χ4v) is 1.48. The van der Waals surface area contributed by atoms with Crippen molar-refractivity contribution < 1.29 is 13.6 Å². The predicted octanol–water partition coefficient (Wildman–Crippen LogP) is 2.59. The van der Waals surface area contributed by atoms with Crippen LogP contribution in [0.4, 0.5) is 8.78 Å². The molecule has 0 fully saturated rings. The molecule has 0 unspecified atom stereocenters. The van der Waals surface area contributed by atoms with Crippen LogP contribution in [0.25, 0.3) is 6.08 Å². The molecule has 2 rings (SSSR count). The largest absolute Gasteiger partial charge is 0.289 e. The Bertz CT molecular complexity index is 617. The van der Waals surface area contributed by atoms with Crippen molar-refractivity contribution >= 4 is 11.9 Å². The van der Waals surface area contributed by atoms with Crippen LogP contribution in [0.1, 0.15) is 15.9 Å². The molecular formula is C13H10F2N2O. The number of aromatic nitrogens is 2. The van der Waals surface area contributed by atoms with Gasteiger partial charge in [0.15, 0.2) is 5.78 Å². The lowest BCUT2D eigenvalue weighted by molar-refractivity contribution is 0.104. The van der Waals surface area contributed by atoms with Crippen LogP contribution in [0.2, 0.25) is 0 Å². The summed E-state index contributed by atoms with van der Waals surface area (Å²) in [4.78, 5) is 11.7. The van der Waals surface area contributed by atoms with Gasteiger partial charge >= 0.3 is 0 Å². The molecule has 0 radical (unpaired) electrons. The molecule has 0 bridgehead atoms. The molecule has 0 aliphatic heterocycles. The average Bonchev–Trinajstić information content (AvgIpc) is 2.72. The minimum absolute atomic E-state index is 0.156. The first-order valence-corrected chi connectivity index (χ1v) is 5.22. The zero-order valence-corrected chi connectivity index (χ0v) is 9.60. The van der Waals surface area contributed by atoms with Gasteiger partial charge in [-0.2, -0.15) is 5.10 Å². The molecule has 0 aliphatic rings. The number of hydrogen-bond acceptors (Lipinski definition) is 2. The number of allylic oxidation sites excluding steroid dienone is 1. The summed E-state index contributed by atoms with van der Waals surface area (Å²) in [6.07, 6.45) is 6.04. The second-order valence-corrected chi connectivity index (χ2v) is 3.77. The van der Waals surface area contributed by atoms with Crippen molar-refractivity contribution in [1.82, 2.24) is 9.78 Å². The number of nitrogens with zero attached hydrogens (tertiary/aromatic N) is 2. The van der Waals surface area contributed by atoms with Gasteiger partial charge in [-0.3, -0.25) is 9.48 Å². The van der Waals surface area contributed by atoms with Gasteiger partial charge in [0.2, 0.25) is 0 Å². The highest BCUT2D eigenvalue weighted by molar-refractivity contribution is 6.06. The number of ketones is 1. The molecule has 2 aromatic rings. The van der Waals surface area contributed by atoms with Crippen LogP contribution in [0.15, 0.2) is 36.7 Å². The van der Waals surface area contributed by atoms with Gasteiger partial charge in [0, 0.05) is 24.9 Å². The van der Waals surface area contributed by atoms with E-state index >= 15 is 0 Å². The van der Waals surface area contributed by atoms with Crippen LogP contribution in [-0.2, 0) is 7.05 Å². The van der Waals surface area contributed by atoms with E-state index in [4.69, 9.17) is 0 Å². The van der Waals surface area contributed by atoms with Gasteiger partial charge in [-0.1, -0.05) is 0 Å². The Morgan fingerprint density at radius 1 is 1.39 bits per heavy atom. The van der Waals surface area contributed by atoms with E-state index in [1.54, 1.807) is 24.1 Å². The number of benzene rings is 1. The maximum absolute atomic E-state index is 13.3. The van der Waals surface area contributed by atoms with Crippen molar-refractivity contribution in [3.8, 4) is 0 Å². The highest BCUT2D eigenvalue weighted by atomic mass is 19.1. The zero-order valence-electron chi connectivity index (χ0n) is 9.60. The summed E-state index contributed by atoms with van der Waals surface area (Å²) in [5.74, 6) is -2.09. The van der Waals surface area contributed by atoms with Gasteiger partial charge in [-0.05, 0) is 24.3 Å². The summed E-state index contributed by atoms with van der Waals surface area (Å²) >= 11 is 0. The van der Waals surface area contributed by atoms with E-state index in [2.05, 4.69) is 5.10 Å². The van der Waals surface area contributed by atoms with Crippen LogP contribution in [0.3, 0.4) is 0 Å². The average molecular weight is 248 g/mol. The van der Waals surface area contributed by atoms with E-state index in [-0.39, 0.29) is 5.56 Å². The topological polar surface area (TPSA) is 34.9 Å². The van der Waals surface area contributed by atoms with Crippen molar-refractivity contribution in [1.29, 1.82) is 0 Å². The molecule has 1 aromatic heterocycles. The highest BCUT2D eigenvalue weighted by Gasteiger charge is 2.09. The first kappa shape index (κ1) is 12.2. The van der Waals surface area contributed by atoms with E-state index in [9.17, 15) is 13.6 Å². The van der Waals surface area contributed by atoms with Crippen LogP contribution >= 0.6 is 0 Å². The molecule has 0 saturated heterocycles. The second-order valence-electron chi connectivity index (χ2n) is 3.77. The zero-order chi connectivity index (χ0) is 13.1. The molecule has 0 N–H and O–H groups in total. The lowest BCUT2D eigenvalue weighted by Crippen LogP contribution is -1.99. The number of hydrogen-bond donors (Lipinski definition) is 0. The second kappa shape index (κ2) is 4.91. The van der Waals surface area contributed by atoms with Crippen molar-refractivity contribution in [2.75, 3.05) is 0 Å². The number of carbonyl (C=O) groups is 1. The van der Waals surface area contributed by atoms with Crippen molar-refractivity contribution in [3.63, 3.8) is 0 Å². The molecule has 3 nitrogen and oxygen atoms in total. The van der Waals surface area contributed by atoms with Gasteiger partial charge < -0.3 is 0 Å². The molecule has 1 aromatic carbocycles. The number of halogens is 2. The molecule has 0 saturated carbocycles. The minimum Gasteiger partial charge on any atom is -0.289 e. The fourth-order valence-electron chi connectivity index (χ4n) is 1.48. The van der Waals surface area contributed by atoms with E-state index < -0.39 is 17.4 Å². The summed E-state index contributed by atoms with van der Waals surface area (Å²) in [6.45, 7) is 0. The maximum atomic E-state index is 13.3. The number of aryl methyl sites for hydroxylation is 1. The van der Waals surface area contributed by atoms with Crippen LogP contribution in [0, 0.1) is 11.6 Å². The summed E-state index contributed by atoms with van der Waals surface area (Å²) in [7, 11) is 1.75. The van der Waals surface area contributed by atoms with Crippen LogP contribution < -0.4 is 0 Å². The normalized spacial score (nSPS) is 11.1. The summed E-state index contributed by atoms with van der Waals surface area (Å²) in [5, 5.41) is 3.93. The third-order valence-electron chi connectivity index (χ3n) is 2.35. The Balaban J connectivity index is 2.19. The van der Waals surface area contributed by atoms with E-state index in [1.807, 2.05) is 0 Å². The smallest absolute Gasteiger partial charge is 0.188 e. The van der Waals surface area contributed by atoms with Crippen molar-refractivity contribution in [2.45, 2.75) is 0 Å². The molecule has 0 spiro atoms. The quantitative estimate of drug-likeness (QED) is 0.618. The van der Waals surface area contributed by atoms with Crippen LogP contribution in [-0.4, -0.2) is 15.6 Å². The molecule has 0 aliphatic carbocycles. The van der Waals surface area contributed by atoms with Gasteiger partial charge in [0.1, 0.15) is 11.6 Å². The van der Waals surface area contributed by atoms with E-state index in [1.165, 1.54) is 12.2 Å². The molecule has 0 amide bonds. The van der Waals surface area contributed by atoms with Gasteiger partial charge in [-0.15, -0.1) is 0 Å². The standard InChI is InChI=1S/C13H10F2N2O/c1-17-8-9(7-16-17)2-5-13(18)11-4-3-10(14)6-12(11)15/h2-8H,1H3/b5-2+. The fraction of sp³-hybridized carbons (Fsp3) is 0.0769. The Hall–Kier alpha value is -2.30. The van der Waals surface area contributed by atoms with Crippen molar-refractivity contribution in [3.05, 3.63) is 59.4 Å². The SMILES string of the molecule is Cn1cc(/C=C/C(=O)c2ccc(F)cc2F)cn1. The molecule has 92 valence electrons. The van der Waals surface area contributed by atoms with Crippen LogP contribution in [0.5, 0.6) is 0 Å². The lowest BCUT2D eigenvalue weighted by Gasteiger charge is -1.97. The highest BCUT2D eigenvalue weighted by Crippen LogP contribution is 2.11.